The second-order valence-corrected chi connectivity index (χ2v) is 5.05. The summed E-state index contributed by atoms with van der Waals surface area (Å²) in [5.74, 6) is 2.71. The largest absolute Gasteiger partial charge is 0.497 e. The van der Waals surface area contributed by atoms with Gasteiger partial charge in [0.25, 0.3) is 0 Å². The van der Waals surface area contributed by atoms with E-state index in [1.165, 1.54) is 5.56 Å². The molecular weight excluding hydrogens is 252 g/mol. The van der Waals surface area contributed by atoms with Gasteiger partial charge >= 0.3 is 0 Å². The SMILES string of the molecule is COc1cccc(CN(C)Cc2cc(C)c(CN)o2)c1. The highest BCUT2D eigenvalue weighted by Crippen LogP contribution is 2.18. The lowest BCUT2D eigenvalue weighted by Crippen LogP contribution is -2.16. The Hall–Kier alpha value is -1.78. The molecule has 2 N–H and O–H groups in total. The van der Waals surface area contributed by atoms with E-state index in [1.54, 1.807) is 7.11 Å². The summed E-state index contributed by atoms with van der Waals surface area (Å²) >= 11 is 0. The Bertz CT molecular complexity index is 563. The van der Waals surface area contributed by atoms with Gasteiger partial charge in [-0.1, -0.05) is 12.1 Å². The summed E-state index contributed by atoms with van der Waals surface area (Å²) in [6.45, 7) is 4.08. The molecule has 0 fully saturated rings. The summed E-state index contributed by atoms with van der Waals surface area (Å²) in [4.78, 5) is 2.20. The van der Waals surface area contributed by atoms with Gasteiger partial charge in [0.2, 0.25) is 0 Å². The third kappa shape index (κ3) is 3.62. The topological polar surface area (TPSA) is 51.6 Å². The number of nitrogens with two attached hydrogens (primary N) is 1. The van der Waals surface area contributed by atoms with Gasteiger partial charge in [0.1, 0.15) is 17.3 Å². The minimum atomic E-state index is 0.450. The molecule has 0 radical (unpaired) electrons. The zero-order valence-corrected chi connectivity index (χ0v) is 12.3. The van der Waals surface area contributed by atoms with Gasteiger partial charge in [-0.05, 0) is 43.3 Å². The van der Waals surface area contributed by atoms with E-state index in [0.717, 1.165) is 35.9 Å². The van der Waals surface area contributed by atoms with E-state index in [0.29, 0.717) is 6.54 Å². The maximum Gasteiger partial charge on any atom is 0.120 e. The van der Waals surface area contributed by atoms with Crippen LogP contribution in [0.2, 0.25) is 0 Å². The molecule has 0 saturated carbocycles. The van der Waals surface area contributed by atoms with E-state index in [4.69, 9.17) is 14.9 Å². The standard InChI is InChI=1S/C16H22N2O2/c1-12-7-15(20-16(12)9-17)11-18(2)10-13-5-4-6-14(8-13)19-3/h4-8H,9-11,17H2,1-3H3. The Kier molecular flexibility index (Phi) is 4.82. The van der Waals surface area contributed by atoms with E-state index in [9.17, 15) is 0 Å². The predicted molar refractivity (Wildman–Crippen MR) is 79.5 cm³/mol. The number of ether oxygens (including phenoxy) is 1. The lowest BCUT2D eigenvalue weighted by atomic mass is 10.2. The van der Waals surface area contributed by atoms with Crippen LogP contribution in [0.5, 0.6) is 5.75 Å². The van der Waals surface area contributed by atoms with Crippen LogP contribution >= 0.6 is 0 Å². The van der Waals surface area contributed by atoms with Gasteiger partial charge in [-0.25, -0.2) is 0 Å². The monoisotopic (exact) mass is 274 g/mol. The third-order valence-corrected chi connectivity index (χ3v) is 3.27. The van der Waals surface area contributed by atoms with Gasteiger partial charge < -0.3 is 14.9 Å². The molecule has 0 atom stereocenters. The van der Waals surface area contributed by atoms with Gasteiger partial charge in [0.15, 0.2) is 0 Å². The molecule has 0 aliphatic rings. The van der Waals surface area contributed by atoms with Crippen molar-refractivity contribution in [1.29, 1.82) is 0 Å². The van der Waals surface area contributed by atoms with Crippen LogP contribution in [0.15, 0.2) is 34.7 Å². The van der Waals surface area contributed by atoms with Crippen LogP contribution in [0.3, 0.4) is 0 Å². The maximum absolute atomic E-state index is 5.73. The average Bonchev–Trinajstić information content (AvgIpc) is 2.78. The van der Waals surface area contributed by atoms with Gasteiger partial charge in [-0.15, -0.1) is 0 Å². The molecule has 4 nitrogen and oxygen atoms in total. The summed E-state index contributed by atoms with van der Waals surface area (Å²) in [7, 11) is 3.75. The maximum atomic E-state index is 5.73. The van der Waals surface area contributed by atoms with Crippen LogP contribution in [0.25, 0.3) is 0 Å². The molecule has 0 saturated heterocycles. The molecule has 2 rings (SSSR count). The first-order valence-electron chi connectivity index (χ1n) is 6.72. The number of hydrogen-bond acceptors (Lipinski definition) is 4. The number of aryl methyl sites for hydroxylation is 1. The minimum absolute atomic E-state index is 0.450. The molecule has 0 unspecified atom stereocenters. The second-order valence-electron chi connectivity index (χ2n) is 5.05. The summed E-state index contributed by atoms with van der Waals surface area (Å²) in [6.07, 6.45) is 0. The predicted octanol–water partition coefficient (Wildman–Crippen LogP) is 2.69. The zero-order chi connectivity index (χ0) is 14.5. The van der Waals surface area contributed by atoms with Gasteiger partial charge in [-0.2, -0.15) is 0 Å². The van der Waals surface area contributed by atoms with Crippen molar-refractivity contribution in [2.45, 2.75) is 26.6 Å². The quantitative estimate of drug-likeness (QED) is 0.880. The van der Waals surface area contributed by atoms with Crippen molar-refractivity contribution in [3.63, 3.8) is 0 Å². The molecular formula is C16H22N2O2. The first kappa shape index (κ1) is 14.6. The summed E-state index contributed by atoms with van der Waals surface area (Å²) in [6, 6.07) is 10.2. The molecule has 4 heteroatoms. The normalized spacial score (nSPS) is 11.1. The van der Waals surface area contributed by atoms with Crippen molar-refractivity contribution in [2.24, 2.45) is 5.73 Å². The van der Waals surface area contributed by atoms with Crippen molar-refractivity contribution in [2.75, 3.05) is 14.2 Å². The fourth-order valence-corrected chi connectivity index (χ4v) is 2.28. The highest BCUT2D eigenvalue weighted by Gasteiger charge is 2.09. The number of benzene rings is 1. The molecule has 108 valence electrons. The first-order chi connectivity index (χ1) is 9.62. The number of rotatable bonds is 6. The number of nitrogens with zero attached hydrogens (tertiary/aromatic N) is 1. The summed E-state index contributed by atoms with van der Waals surface area (Å²) < 4.78 is 11.0. The van der Waals surface area contributed by atoms with Gasteiger partial charge in [0.05, 0.1) is 20.2 Å². The third-order valence-electron chi connectivity index (χ3n) is 3.27. The van der Waals surface area contributed by atoms with Crippen LogP contribution in [-0.2, 0) is 19.6 Å². The van der Waals surface area contributed by atoms with Crippen molar-refractivity contribution in [1.82, 2.24) is 4.90 Å². The van der Waals surface area contributed by atoms with Crippen molar-refractivity contribution >= 4 is 0 Å². The molecule has 0 aliphatic carbocycles. The molecule has 1 heterocycles. The fourth-order valence-electron chi connectivity index (χ4n) is 2.28. The highest BCUT2D eigenvalue weighted by atomic mass is 16.5. The average molecular weight is 274 g/mol. The summed E-state index contributed by atoms with van der Waals surface area (Å²) in [5, 5.41) is 0. The number of hydrogen-bond donors (Lipinski definition) is 1. The molecule has 0 spiro atoms. The van der Waals surface area contributed by atoms with E-state index < -0.39 is 0 Å². The molecule has 2 aromatic rings. The lowest BCUT2D eigenvalue weighted by Gasteiger charge is -2.15. The molecule has 1 aromatic carbocycles. The smallest absolute Gasteiger partial charge is 0.120 e. The summed E-state index contributed by atoms with van der Waals surface area (Å²) in [5.41, 5.74) is 7.97. The van der Waals surface area contributed by atoms with Crippen LogP contribution in [0, 0.1) is 6.92 Å². The molecule has 1 aromatic heterocycles. The van der Waals surface area contributed by atoms with Gasteiger partial charge in [-0.3, -0.25) is 4.90 Å². The molecule has 0 bridgehead atoms. The minimum Gasteiger partial charge on any atom is -0.497 e. The highest BCUT2D eigenvalue weighted by molar-refractivity contribution is 5.28. The van der Waals surface area contributed by atoms with Crippen molar-refractivity contribution < 1.29 is 9.15 Å². The van der Waals surface area contributed by atoms with Crippen molar-refractivity contribution in [3.05, 3.63) is 53.0 Å². The Balaban J connectivity index is 1.98. The number of methoxy groups -OCH3 is 1. The van der Waals surface area contributed by atoms with Crippen LogP contribution in [0.1, 0.15) is 22.6 Å². The Labute approximate surface area is 120 Å². The van der Waals surface area contributed by atoms with E-state index in [2.05, 4.69) is 30.1 Å². The van der Waals surface area contributed by atoms with Crippen LogP contribution < -0.4 is 10.5 Å². The van der Waals surface area contributed by atoms with E-state index in [1.807, 2.05) is 19.1 Å². The molecule has 20 heavy (non-hydrogen) atoms. The van der Waals surface area contributed by atoms with E-state index >= 15 is 0 Å². The fraction of sp³-hybridized carbons (Fsp3) is 0.375. The van der Waals surface area contributed by atoms with Crippen LogP contribution in [-0.4, -0.2) is 19.1 Å². The molecule has 0 amide bonds. The first-order valence-corrected chi connectivity index (χ1v) is 6.72. The van der Waals surface area contributed by atoms with Gasteiger partial charge in [0, 0.05) is 6.54 Å². The Morgan fingerprint density at radius 2 is 2.05 bits per heavy atom. The van der Waals surface area contributed by atoms with E-state index in [-0.39, 0.29) is 0 Å². The van der Waals surface area contributed by atoms with Crippen LogP contribution in [0.4, 0.5) is 0 Å². The second kappa shape index (κ2) is 6.59. The number of furan rings is 1. The zero-order valence-electron chi connectivity index (χ0n) is 12.3. The lowest BCUT2D eigenvalue weighted by molar-refractivity contribution is 0.283. The Morgan fingerprint density at radius 1 is 1.25 bits per heavy atom. The molecule has 0 aliphatic heterocycles. The van der Waals surface area contributed by atoms with Crippen molar-refractivity contribution in [3.8, 4) is 5.75 Å². The Morgan fingerprint density at radius 3 is 2.70 bits per heavy atom.